The molecule has 2 rings (SSSR count). The quantitative estimate of drug-likeness (QED) is 0.580. The van der Waals surface area contributed by atoms with E-state index in [0.717, 1.165) is 25.9 Å². The van der Waals surface area contributed by atoms with E-state index in [1.807, 2.05) is 23.1 Å². The Balaban J connectivity index is 2.06. The summed E-state index contributed by atoms with van der Waals surface area (Å²) in [6, 6.07) is 10.7. The van der Waals surface area contributed by atoms with Crippen molar-refractivity contribution in [2.75, 3.05) is 13.1 Å². The van der Waals surface area contributed by atoms with Gasteiger partial charge >= 0.3 is 0 Å². The number of nitrogens with zero attached hydrogens (tertiary/aromatic N) is 1. The molecular formula is C21H35N3OS. The molecule has 0 saturated carbocycles. The van der Waals surface area contributed by atoms with Gasteiger partial charge in [0.05, 0.1) is 6.04 Å². The Morgan fingerprint density at radius 3 is 2.54 bits per heavy atom. The zero-order chi connectivity index (χ0) is 19.1. The number of nitrogens with one attached hydrogen (secondary N) is 2. The molecule has 4 nitrogen and oxygen atoms in total. The normalized spacial score (nSPS) is 22.4. The van der Waals surface area contributed by atoms with E-state index in [1.54, 1.807) is 0 Å². The van der Waals surface area contributed by atoms with Gasteiger partial charge in [-0.05, 0) is 31.7 Å². The maximum absolute atomic E-state index is 13.4. The summed E-state index contributed by atoms with van der Waals surface area (Å²) in [7, 11) is 0. The lowest BCUT2D eigenvalue weighted by Crippen LogP contribution is -2.53. The minimum Gasteiger partial charge on any atom is -0.335 e. The van der Waals surface area contributed by atoms with Crippen LogP contribution in [0.15, 0.2) is 30.3 Å². The molecule has 1 amide bonds. The summed E-state index contributed by atoms with van der Waals surface area (Å²) in [5.74, 6) is 0.506. The Bertz CT molecular complexity index is 551. The molecule has 1 heterocycles. The van der Waals surface area contributed by atoms with E-state index < -0.39 is 0 Å². The van der Waals surface area contributed by atoms with Gasteiger partial charge in [0.2, 0.25) is 5.91 Å². The van der Waals surface area contributed by atoms with E-state index >= 15 is 0 Å². The van der Waals surface area contributed by atoms with Gasteiger partial charge in [0, 0.05) is 37.0 Å². The van der Waals surface area contributed by atoms with Gasteiger partial charge in [0.1, 0.15) is 0 Å². The molecule has 0 bridgehead atoms. The predicted octanol–water partition coefficient (Wildman–Crippen LogP) is 3.09. The first-order chi connectivity index (χ1) is 12.4. The van der Waals surface area contributed by atoms with Gasteiger partial charge in [-0.1, -0.05) is 50.6 Å². The topological polar surface area (TPSA) is 44.4 Å². The van der Waals surface area contributed by atoms with Crippen LogP contribution in [0.25, 0.3) is 0 Å². The second-order valence-electron chi connectivity index (χ2n) is 7.81. The minimum atomic E-state index is -0.146. The molecule has 4 atom stereocenters. The fraction of sp³-hybridized carbons (Fsp3) is 0.667. The molecule has 0 unspecified atom stereocenters. The second kappa shape index (κ2) is 10.3. The first kappa shape index (κ1) is 21.3. The van der Waals surface area contributed by atoms with Crippen LogP contribution in [0.1, 0.15) is 46.1 Å². The summed E-state index contributed by atoms with van der Waals surface area (Å²) in [5, 5.41) is 7.47. The number of carbonyl (C=O) groups excluding carboxylic acids is 1. The average molecular weight is 378 g/mol. The largest absolute Gasteiger partial charge is 0.335 e. The van der Waals surface area contributed by atoms with E-state index in [9.17, 15) is 4.79 Å². The van der Waals surface area contributed by atoms with Crippen LogP contribution in [0.2, 0.25) is 0 Å². The molecule has 1 aliphatic heterocycles. The van der Waals surface area contributed by atoms with Gasteiger partial charge in [-0.25, -0.2) is 0 Å². The Kier molecular flexibility index (Phi) is 8.45. The fourth-order valence-electron chi connectivity index (χ4n) is 3.46. The zero-order valence-electron chi connectivity index (χ0n) is 16.6. The lowest BCUT2D eigenvalue weighted by Gasteiger charge is -2.34. The third-order valence-electron chi connectivity index (χ3n) is 5.36. The molecule has 1 aromatic carbocycles. The molecule has 1 aromatic rings. The lowest BCUT2D eigenvalue weighted by atomic mass is 9.96. The van der Waals surface area contributed by atoms with Gasteiger partial charge in [0.15, 0.2) is 0 Å². The number of hydrogen-bond donors (Lipinski definition) is 3. The summed E-state index contributed by atoms with van der Waals surface area (Å²) in [6.45, 7) is 10.9. The van der Waals surface area contributed by atoms with Crippen LogP contribution >= 0.6 is 12.6 Å². The number of amides is 1. The number of rotatable bonds is 9. The van der Waals surface area contributed by atoms with Crippen LogP contribution in [0.4, 0.5) is 0 Å². The smallest absolute Gasteiger partial charge is 0.240 e. The van der Waals surface area contributed by atoms with Gasteiger partial charge in [0.25, 0.3) is 0 Å². The van der Waals surface area contributed by atoms with Crippen LogP contribution in [-0.4, -0.2) is 47.3 Å². The highest BCUT2D eigenvalue weighted by atomic mass is 32.1. The monoisotopic (exact) mass is 377 g/mol. The molecule has 0 aliphatic carbocycles. The summed E-state index contributed by atoms with van der Waals surface area (Å²) in [6.07, 6.45) is 2.03. The number of thiol groups is 1. The van der Waals surface area contributed by atoms with Crippen molar-refractivity contribution in [3.05, 3.63) is 35.9 Å². The van der Waals surface area contributed by atoms with Crippen LogP contribution < -0.4 is 10.6 Å². The predicted molar refractivity (Wildman–Crippen MR) is 113 cm³/mol. The van der Waals surface area contributed by atoms with Crippen molar-refractivity contribution in [1.82, 2.24) is 15.5 Å². The summed E-state index contributed by atoms with van der Waals surface area (Å²) >= 11 is 4.55. The SMILES string of the molecule is CC[C@H](C)[C@H](NC[C@H]1C[C@@H](S)CN1)C(=O)N(Cc1ccccc1)C(C)C. The molecular weight excluding hydrogens is 342 g/mol. The molecule has 0 radical (unpaired) electrons. The molecule has 26 heavy (non-hydrogen) atoms. The number of benzene rings is 1. The van der Waals surface area contributed by atoms with Crippen molar-refractivity contribution in [2.45, 2.75) is 70.5 Å². The minimum absolute atomic E-state index is 0.146. The van der Waals surface area contributed by atoms with Gasteiger partial charge in [-0.3, -0.25) is 4.79 Å². The molecule has 0 aromatic heterocycles. The maximum atomic E-state index is 13.4. The van der Waals surface area contributed by atoms with Crippen molar-refractivity contribution in [3.63, 3.8) is 0 Å². The molecule has 0 spiro atoms. The van der Waals surface area contributed by atoms with Gasteiger partial charge in [-0.15, -0.1) is 0 Å². The van der Waals surface area contributed by atoms with E-state index in [0.29, 0.717) is 23.8 Å². The summed E-state index contributed by atoms with van der Waals surface area (Å²) < 4.78 is 0. The first-order valence-corrected chi connectivity index (χ1v) is 10.4. The molecule has 5 heteroatoms. The highest BCUT2D eigenvalue weighted by molar-refractivity contribution is 7.81. The van der Waals surface area contributed by atoms with Crippen molar-refractivity contribution in [1.29, 1.82) is 0 Å². The Morgan fingerprint density at radius 2 is 2.00 bits per heavy atom. The number of hydrogen-bond acceptors (Lipinski definition) is 4. The molecule has 1 saturated heterocycles. The summed E-state index contributed by atoms with van der Waals surface area (Å²) in [4.78, 5) is 15.4. The van der Waals surface area contributed by atoms with Crippen molar-refractivity contribution < 1.29 is 4.79 Å². The highest BCUT2D eigenvalue weighted by Crippen LogP contribution is 2.17. The van der Waals surface area contributed by atoms with E-state index in [1.165, 1.54) is 5.56 Å². The molecule has 146 valence electrons. The van der Waals surface area contributed by atoms with Gasteiger partial charge in [-0.2, -0.15) is 12.6 Å². The van der Waals surface area contributed by atoms with E-state index in [-0.39, 0.29) is 18.0 Å². The zero-order valence-corrected chi connectivity index (χ0v) is 17.5. The van der Waals surface area contributed by atoms with E-state index in [4.69, 9.17) is 0 Å². The van der Waals surface area contributed by atoms with Crippen LogP contribution in [0.5, 0.6) is 0 Å². The number of carbonyl (C=O) groups is 1. The Hall–Kier alpha value is -1.04. The van der Waals surface area contributed by atoms with Crippen LogP contribution in [0.3, 0.4) is 0 Å². The van der Waals surface area contributed by atoms with Crippen molar-refractivity contribution in [3.8, 4) is 0 Å². The summed E-state index contributed by atoms with van der Waals surface area (Å²) in [5.41, 5.74) is 1.17. The van der Waals surface area contributed by atoms with Crippen molar-refractivity contribution >= 4 is 18.5 Å². The molecule has 2 N–H and O–H groups in total. The molecule has 1 fully saturated rings. The Labute approximate surface area is 164 Å². The standard InChI is InChI=1S/C21H35N3OS/c1-5-16(4)20(23-12-18-11-19(26)13-22-18)21(25)24(15(2)3)14-17-9-7-6-8-10-17/h6-10,15-16,18-20,22-23,26H,5,11-14H2,1-4H3/t16-,18+,19+,20-/m0/s1. The average Bonchev–Trinajstić information content (AvgIpc) is 3.05. The molecule has 1 aliphatic rings. The van der Waals surface area contributed by atoms with Crippen LogP contribution in [-0.2, 0) is 11.3 Å². The van der Waals surface area contributed by atoms with Crippen molar-refractivity contribution in [2.24, 2.45) is 5.92 Å². The van der Waals surface area contributed by atoms with E-state index in [2.05, 4.69) is 63.1 Å². The fourth-order valence-corrected chi connectivity index (χ4v) is 3.82. The Morgan fingerprint density at radius 1 is 1.31 bits per heavy atom. The highest BCUT2D eigenvalue weighted by Gasteiger charge is 2.31. The first-order valence-electron chi connectivity index (χ1n) is 9.91. The second-order valence-corrected chi connectivity index (χ2v) is 8.54. The third kappa shape index (κ3) is 6.00. The van der Waals surface area contributed by atoms with Crippen LogP contribution in [0, 0.1) is 5.92 Å². The lowest BCUT2D eigenvalue weighted by molar-refractivity contribution is -0.137. The van der Waals surface area contributed by atoms with Gasteiger partial charge < -0.3 is 15.5 Å². The maximum Gasteiger partial charge on any atom is 0.240 e. The third-order valence-corrected chi connectivity index (χ3v) is 5.76.